The molecule has 120 valence electrons. The number of imidazole rings is 1. The Kier molecular flexibility index (Phi) is 3.77. The number of hydrogen-bond donors (Lipinski definition) is 3. The SMILES string of the molecule is Cc1ccc(Nc2nc(NCC(F)(F)F)c3[nH]cnc3n2)cc1. The van der Waals surface area contributed by atoms with Crippen LogP contribution < -0.4 is 10.6 Å². The second-order valence-electron chi connectivity index (χ2n) is 4.96. The standard InChI is InChI=1S/C14H13F3N6/c1-8-2-4-9(5-3-8)21-13-22-11(18-6-14(15,16)17)10-12(23-13)20-7-19-10/h2-5,7H,6H2,1H3,(H3,18,19,20,21,22,23). The molecule has 3 rings (SSSR count). The number of aromatic amines is 1. The predicted molar refractivity (Wildman–Crippen MR) is 80.7 cm³/mol. The number of hydrogen-bond acceptors (Lipinski definition) is 5. The third-order valence-electron chi connectivity index (χ3n) is 3.05. The van der Waals surface area contributed by atoms with Gasteiger partial charge in [0.2, 0.25) is 5.95 Å². The first kappa shape index (κ1) is 15.1. The maximum atomic E-state index is 12.4. The summed E-state index contributed by atoms with van der Waals surface area (Å²) >= 11 is 0. The number of nitrogens with one attached hydrogen (secondary N) is 3. The number of alkyl halides is 3. The quantitative estimate of drug-likeness (QED) is 0.686. The molecule has 0 unspecified atom stereocenters. The Morgan fingerprint density at radius 1 is 1.13 bits per heavy atom. The highest BCUT2D eigenvalue weighted by Crippen LogP contribution is 2.23. The van der Waals surface area contributed by atoms with E-state index in [1.165, 1.54) is 6.33 Å². The molecular weight excluding hydrogens is 309 g/mol. The van der Waals surface area contributed by atoms with Crippen molar-refractivity contribution in [2.45, 2.75) is 13.1 Å². The zero-order chi connectivity index (χ0) is 16.4. The van der Waals surface area contributed by atoms with E-state index in [-0.39, 0.29) is 17.4 Å². The molecule has 9 heteroatoms. The van der Waals surface area contributed by atoms with E-state index in [2.05, 4.69) is 30.6 Å². The molecule has 0 amide bonds. The second-order valence-corrected chi connectivity index (χ2v) is 4.96. The molecule has 0 aliphatic heterocycles. The van der Waals surface area contributed by atoms with Gasteiger partial charge in [0, 0.05) is 5.69 Å². The van der Waals surface area contributed by atoms with Crippen molar-refractivity contribution < 1.29 is 13.2 Å². The Bertz CT molecular complexity index is 809. The van der Waals surface area contributed by atoms with Gasteiger partial charge in [-0.2, -0.15) is 23.1 Å². The van der Waals surface area contributed by atoms with Crippen molar-refractivity contribution in [3.05, 3.63) is 36.2 Å². The fourth-order valence-corrected chi connectivity index (χ4v) is 1.97. The highest BCUT2D eigenvalue weighted by Gasteiger charge is 2.27. The van der Waals surface area contributed by atoms with Gasteiger partial charge in [-0.15, -0.1) is 0 Å². The predicted octanol–water partition coefficient (Wildman–Crippen LogP) is 3.38. The Morgan fingerprint density at radius 2 is 1.87 bits per heavy atom. The van der Waals surface area contributed by atoms with Crippen molar-refractivity contribution in [3.8, 4) is 0 Å². The lowest BCUT2D eigenvalue weighted by Gasteiger charge is -2.11. The Labute approximate surface area is 129 Å². The van der Waals surface area contributed by atoms with E-state index in [1.807, 2.05) is 31.2 Å². The smallest absolute Gasteiger partial charge is 0.359 e. The molecule has 1 aromatic carbocycles. The third kappa shape index (κ3) is 3.68. The summed E-state index contributed by atoms with van der Waals surface area (Å²) in [4.78, 5) is 15.0. The van der Waals surface area contributed by atoms with E-state index in [0.29, 0.717) is 5.52 Å². The van der Waals surface area contributed by atoms with Crippen LogP contribution in [0.2, 0.25) is 0 Å². The van der Waals surface area contributed by atoms with Crippen molar-refractivity contribution in [3.63, 3.8) is 0 Å². The van der Waals surface area contributed by atoms with Crippen molar-refractivity contribution >= 4 is 28.6 Å². The minimum absolute atomic E-state index is 0.0411. The fourth-order valence-electron chi connectivity index (χ4n) is 1.97. The van der Waals surface area contributed by atoms with Gasteiger partial charge in [-0.3, -0.25) is 0 Å². The number of nitrogens with zero attached hydrogens (tertiary/aromatic N) is 3. The summed E-state index contributed by atoms with van der Waals surface area (Å²) in [5.41, 5.74) is 2.42. The van der Waals surface area contributed by atoms with Crippen molar-refractivity contribution in [2.75, 3.05) is 17.2 Å². The molecule has 0 saturated heterocycles. The first-order valence-electron chi connectivity index (χ1n) is 6.76. The number of anilines is 3. The Balaban J connectivity index is 1.90. The summed E-state index contributed by atoms with van der Waals surface area (Å²) < 4.78 is 37.2. The number of fused-ring (bicyclic) bond motifs is 1. The number of aryl methyl sites for hydroxylation is 1. The van der Waals surface area contributed by atoms with E-state index in [9.17, 15) is 13.2 Å². The lowest BCUT2D eigenvalue weighted by molar-refractivity contribution is -0.115. The molecule has 0 radical (unpaired) electrons. The molecule has 0 aliphatic rings. The van der Waals surface area contributed by atoms with E-state index in [4.69, 9.17) is 0 Å². The first-order chi connectivity index (χ1) is 10.9. The van der Waals surface area contributed by atoms with Crippen LogP contribution in [-0.2, 0) is 0 Å². The molecule has 0 bridgehead atoms. The van der Waals surface area contributed by atoms with E-state index in [0.717, 1.165) is 11.3 Å². The van der Waals surface area contributed by atoms with Crippen molar-refractivity contribution in [1.29, 1.82) is 0 Å². The zero-order valence-electron chi connectivity index (χ0n) is 12.1. The fraction of sp³-hybridized carbons (Fsp3) is 0.214. The van der Waals surface area contributed by atoms with Crippen LogP contribution in [0, 0.1) is 6.92 Å². The molecule has 6 nitrogen and oxygen atoms in total. The van der Waals surface area contributed by atoms with Gasteiger partial charge in [-0.25, -0.2) is 4.98 Å². The van der Waals surface area contributed by atoms with Crippen LogP contribution in [0.25, 0.3) is 11.2 Å². The summed E-state index contributed by atoms with van der Waals surface area (Å²) in [6.45, 7) is 0.761. The number of H-pyrrole nitrogens is 1. The highest BCUT2D eigenvalue weighted by atomic mass is 19.4. The van der Waals surface area contributed by atoms with Crippen molar-refractivity contribution in [2.24, 2.45) is 0 Å². The molecule has 23 heavy (non-hydrogen) atoms. The number of benzene rings is 1. The van der Waals surface area contributed by atoms with E-state index in [1.54, 1.807) is 0 Å². The summed E-state index contributed by atoms with van der Waals surface area (Å²) in [6.07, 6.45) is -2.99. The van der Waals surface area contributed by atoms with Crippen LogP contribution in [0.5, 0.6) is 0 Å². The lowest BCUT2D eigenvalue weighted by atomic mass is 10.2. The number of aromatic nitrogens is 4. The normalized spacial score (nSPS) is 11.7. The largest absolute Gasteiger partial charge is 0.405 e. The van der Waals surface area contributed by atoms with Gasteiger partial charge in [0.15, 0.2) is 11.5 Å². The second kappa shape index (κ2) is 5.75. The number of rotatable bonds is 4. The van der Waals surface area contributed by atoms with Gasteiger partial charge in [-0.1, -0.05) is 17.7 Å². The Morgan fingerprint density at radius 3 is 2.57 bits per heavy atom. The minimum Gasteiger partial charge on any atom is -0.359 e. The minimum atomic E-state index is -4.35. The van der Waals surface area contributed by atoms with Crippen molar-refractivity contribution in [1.82, 2.24) is 19.9 Å². The van der Waals surface area contributed by atoms with E-state index < -0.39 is 12.7 Å². The number of halogens is 3. The summed E-state index contributed by atoms with van der Waals surface area (Å²) in [6, 6.07) is 7.46. The summed E-state index contributed by atoms with van der Waals surface area (Å²) in [7, 11) is 0. The van der Waals surface area contributed by atoms with Crippen LogP contribution in [0.15, 0.2) is 30.6 Å². The third-order valence-corrected chi connectivity index (χ3v) is 3.05. The van der Waals surface area contributed by atoms with Crippen LogP contribution in [0.3, 0.4) is 0 Å². The lowest BCUT2D eigenvalue weighted by Crippen LogP contribution is -2.22. The molecule has 3 aromatic rings. The maximum absolute atomic E-state index is 12.4. The van der Waals surface area contributed by atoms with Gasteiger partial charge in [0.1, 0.15) is 12.1 Å². The van der Waals surface area contributed by atoms with Gasteiger partial charge < -0.3 is 15.6 Å². The zero-order valence-corrected chi connectivity index (χ0v) is 12.1. The first-order valence-corrected chi connectivity index (χ1v) is 6.76. The summed E-state index contributed by atoms with van der Waals surface area (Å²) in [5.74, 6) is 0.206. The molecular formula is C14H13F3N6. The van der Waals surface area contributed by atoms with Crippen LogP contribution >= 0.6 is 0 Å². The average Bonchev–Trinajstić information content (AvgIpc) is 2.95. The molecule has 0 atom stereocenters. The van der Waals surface area contributed by atoms with E-state index >= 15 is 0 Å². The monoisotopic (exact) mass is 322 g/mol. The Hall–Kier alpha value is -2.84. The topological polar surface area (TPSA) is 78.5 Å². The van der Waals surface area contributed by atoms with Gasteiger partial charge in [0.05, 0.1) is 6.33 Å². The van der Waals surface area contributed by atoms with Crippen LogP contribution in [-0.4, -0.2) is 32.7 Å². The molecule has 0 fully saturated rings. The molecule has 2 aromatic heterocycles. The van der Waals surface area contributed by atoms with Gasteiger partial charge >= 0.3 is 6.18 Å². The highest BCUT2D eigenvalue weighted by molar-refractivity contribution is 5.84. The molecule has 0 aliphatic carbocycles. The maximum Gasteiger partial charge on any atom is 0.405 e. The molecule has 3 N–H and O–H groups in total. The van der Waals surface area contributed by atoms with Gasteiger partial charge in [0.25, 0.3) is 0 Å². The van der Waals surface area contributed by atoms with Gasteiger partial charge in [-0.05, 0) is 19.1 Å². The molecule has 0 saturated carbocycles. The average molecular weight is 322 g/mol. The molecule has 0 spiro atoms. The van der Waals surface area contributed by atoms with Crippen LogP contribution in [0.1, 0.15) is 5.56 Å². The van der Waals surface area contributed by atoms with Crippen LogP contribution in [0.4, 0.5) is 30.6 Å². The summed E-state index contributed by atoms with van der Waals surface area (Å²) in [5, 5.41) is 5.21. The molecule has 2 heterocycles.